The van der Waals surface area contributed by atoms with Gasteiger partial charge < -0.3 is 9.84 Å². The van der Waals surface area contributed by atoms with Gasteiger partial charge in [-0.05, 0) is 48.2 Å². The van der Waals surface area contributed by atoms with Crippen LogP contribution in [0.15, 0.2) is 47.6 Å². The van der Waals surface area contributed by atoms with Crippen LogP contribution in [0.4, 0.5) is 0 Å². The van der Waals surface area contributed by atoms with E-state index in [0.29, 0.717) is 12.4 Å². The maximum Gasteiger partial charge on any atom is 0.244 e. The van der Waals surface area contributed by atoms with Crippen LogP contribution in [0.3, 0.4) is 0 Å². The minimum Gasteiger partial charge on any atom is -0.504 e. The molecular formula is C19H22N2O3. The number of aromatic hydroxyl groups is 1. The Labute approximate surface area is 142 Å². The first-order chi connectivity index (χ1) is 11.6. The molecule has 1 amide bonds. The third-order valence-electron chi connectivity index (χ3n) is 3.48. The van der Waals surface area contributed by atoms with Gasteiger partial charge in [-0.2, -0.15) is 5.10 Å². The number of hydrogen-bond donors (Lipinski definition) is 2. The van der Waals surface area contributed by atoms with Crippen molar-refractivity contribution in [2.75, 3.05) is 6.61 Å². The summed E-state index contributed by atoms with van der Waals surface area (Å²) in [6.07, 6.45) is 2.77. The van der Waals surface area contributed by atoms with Gasteiger partial charge in [-0.1, -0.05) is 31.2 Å². The highest BCUT2D eigenvalue weighted by Gasteiger charge is 2.04. The molecule has 0 radical (unpaired) electrons. The number of benzene rings is 2. The topological polar surface area (TPSA) is 70.9 Å². The fraction of sp³-hybridized carbons (Fsp3) is 0.263. The smallest absolute Gasteiger partial charge is 0.244 e. The number of aryl methyl sites for hydroxylation is 1. The van der Waals surface area contributed by atoms with Crippen LogP contribution < -0.4 is 10.2 Å². The standard InChI is InChI=1S/C19H22N2O3/c1-3-14-5-7-15(8-6-14)12-19(23)21-20-13-16-9-10-17(22)18(11-16)24-4-2/h5-11,13,22H,3-4,12H2,1-2H3,(H,21,23)/b20-13+. The molecule has 0 aliphatic heterocycles. The van der Waals surface area contributed by atoms with Crippen LogP contribution in [-0.4, -0.2) is 23.8 Å². The summed E-state index contributed by atoms with van der Waals surface area (Å²) >= 11 is 0. The normalized spacial score (nSPS) is 10.8. The molecular weight excluding hydrogens is 304 g/mol. The summed E-state index contributed by atoms with van der Waals surface area (Å²) in [6, 6.07) is 12.8. The van der Waals surface area contributed by atoms with Gasteiger partial charge in [0.25, 0.3) is 0 Å². The maximum absolute atomic E-state index is 11.9. The lowest BCUT2D eigenvalue weighted by atomic mass is 10.1. The number of carbonyl (C=O) groups is 1. The van der Waals surface area contributed by atoms with E-state index in [9.17, 15) is 9.90 Å². The molecule has 0 aromatic heterocycles. The number of hydrogen-bond acceptors (Lipinski definition) is 4. The zero-order valence-corrected chi connectivity index (χ0v) is 14.0. The molecule has 5 heteroatoms. The molecule has 0 aliphatic carbocycles. The summed E-state index contributed by atoms with van der Waals surface area (Å²) in [5, 5.41) is 13.6. The van der Waals surface area contributed by atoms with Crippen LogP contribution in [-0.2, 0) is 17.6 Å². The van der Waals surface area contributed by atoms with E-state index in [1.165, 1.54) is 17.8 Å². The fourth-order valence-corrected chi connectivity index (χ4v) is 2.18. The molecule has 2 aromatic rings. The summed E-state index contributed by atoms with van der Waals surface area (Å²) in [4.78, 5) is 11.9. The molecule has 24 heavy (non-hydrogen) atoms. The lowest BCUT2D eigenvalue weighted by molar-refractivity contribution is -0.120. The second-order valence-electron chi connectivity index (χ2n) is 5.30. The van der Waals surface area contributed by atoms with Gasteiger partial charge in [0.1, 0.15) is 0 Å². The number of nitrogens with one attached hydrogen (secondary N) is 1. The molecule has 0 heterocycles. The highest BCUT2D eigenvalue weighted by atomic mass is 16.5. The molecule has 126 valence electrons. The average Bonchev–Trinajstić information content (AvgIpc) is 2.58. The van der Waals surface area contributed by atoms with E-state index in [0.717, 1.165) is 17.5 Å². The predicted octanol–water partition coefficient (Wildman–Crippen LogP) is 3.05. The first-order valence-corrected chi connectivity index (χ1v) is 7.98. The van der Waals surface area contributed by atoms with E-state index in [2.05, 4.69) is 17.5 Å². The molecule has 0 unspecified atom stereocenters. The van der Waals surface area contributed by atoms with Gasteiger partial charge in [0.05, 0.1) is 19.2 Å². The molecule has 0 saturated carbocycles. The number of hydrazone groups is 1. The molecule has 0 aliphatic rings. The predicted molar refractivity (Wildman–Crippen MR) is 94.5 cm³/mol. The van der Waals surface area contributed by atoms with Crippen molar-refractivity contribution in [2.45, 2.75) is 26.7 Å². The molecule has 2 N–H and O–H groups in total. The van der Waals surface area contributed by atoms with Crippen LogP contribution in [0.25, 0.3) is 0 Å². The number of phenolic OH excluding ortho intramolecular Hbond substituents is 1. The largest absolute Gasteiger partial charge is 0.504 e. The van der Waals surface area contributed by atoms with Crippen molar-refractivity contribution in [3.63, 3.8) is 0 Å². The molecule has 0 bridgehead atoms. The summed E-state index contributed by atoms with van der Waals surface area (Å²) in [5.74, 6) is 0.289. The molecule has 0 saturated heterocycles. The summed E-state index contributed by atoms with van der Waals surface area (Å²) in [7, 11) is 0. The molecule has 0 fully saturated rings. The van der Waals surface area contributed by atoms with Gasteiger partial charge in [-0.25, -0.2) is 5.43 Å². The van der Waals surface area contributed by atoms with Crippen molar-refractivity contribution in [3.8, 4) is 11.5 Å². The fourth-order valence-electron chi connectivity index (χ4n) is 2.18. The van der Waals surface area contributed by atoms with Crippen LogP contribution in [0.2, 0.25) is 0 Å². The second-order valence-corrected chi connectivity index (χ2v) is 5.30. The van der Waals surface area contributed by atoms with E-state index >= 15 is 0 Å². The Hall–Kier alpha value is -2.82. The maximum atomic E-state index is 11.9. The summed E-state index contributed by atoms with van der Waals surface area (Å²) in [5.41, 5.74) is 5.42. The van der Waals surface area contributed by atoms with Gasteiger partial charge in [0.2, 0.25) is 5.91 Å². The van der Waals surface area contributed by atoms with Crippen molar-refractivity contribution in [2.24, 2.45) is 5.10 Å². The van der Waals surface area contributed by atoms with Crippen molar-refractivity contribution >= 4 is 12.1 Å². The number of amides is 1. The Bertz CT molecular complexity index is 709. The van der Waals surface area contributed by atoms with Crippen molar-refractivity contribution in [1.29, 1.82) is 0 Å². The Morgan fingerprint density at radius 1 is 1.17 bits per heavy atom. The minimum atomic E-state index is -0.181. The van der Waals surface area contributed by atoms with Crippen LogP contribution in [0, 0.1) is 0 Å². The number of nitrogens with zero attached hydrogens (tertiary/aromatic N) is 1. The Kier molecular flexibility index (Phi) is 6.37. The van der Waals surface area contributed by atoms with Gasteiger partial charge in [0.15, 0.2) is 11.5 Å². The zero-order valence-electron chi connectivity index (χ0n) is 14.0. The van der Waals surface area contributed by atoms with E-state index in [1.807, 2.05) is 31.2 Å². The first kappa shape index (κ1) is 17.5. The average molecular weight is 326 g/mol. The highest BCUT2D eigenvalue weighted by molar-refractivity contribution is 5.84. The molecule has 2 aromatic carbocycles. The number of rotatable bonds is 7. The molecule has 2 rings (SSSR count). The third-order valence-corrected chi connectivity index (χ3v) is 3.48. The highest BCUT2D eigenvalue weighted by Crippen LogP contribution is 2.26. The Morgan fingerprint density at radius 2 is 1.88 bits per heavy atom. The van der Waals surface area contributed by atoms with Crippen LogP contribution in [0.1, 0.15) is 30.5 Å². The van der Waals surface area contributed by atoms with E-state index in [-0.39, 0.29) is 18.1 Å². The first-order valence-electron chi connectivity index (χ1n) is 7.98. The second kappa shape index (κ2) is 8.72. The Morgan fingerprint density at radius 3 is 2.54 bits per heavy atom. The van der Waals surface area contributed by atoms with E-state index in [4.69, 9.17) is 4.74 Å². The van der Waals surface area contributed by atoms with Gasteiger partial charge in [0, 0.05) is 0 Å². The SMILES string of the molecule is CCOc1cc(/C=N/NC(=O)Cc2ccc(CC)cc2)ccc1O. The van der Waals surface area contributed by atoms with Gasteiger partial charge in [-0.3, -0.25) is 4.79 Å². The van der Waals surface area contributed by atoms with E-state index in [1.54, 1.807) is 12.1 Å². The van der Waals surface area contributed by atoms with Crippen LogP contribution >= 0.6 is 0 Å². The summed E-state index contributed by atoms with van der Waals surface area (Å²) in [6.45, 7) is 4.39. The number of carbonyl (C=O) groups excluding carboxylic acids is 1. The van der Waals surface area contributed by atoms with Crippen molar-refractivity contribution < 1.29 is 14.6 Å². The van der Waals surface area contributed by atoms with Gasteiger partial charge >= 0.3 is 0 Å². The third kappa shape index (κ3) is 5.12. The van der Waals surface area contributed by atoms with E-state index < -0.39 is 0 Å². The summed E-state index contributed by atoms with van der Waals surface area (Å²) < 4.78 is 5.30. The lowest BCUT2D eigenvalue weighted by Gasteiger charge is -2.06. The Balaban J connectivity index is 1.90. The van der Waals surface area contributed by atoms with Crippen LogP contribution in [0.5, 0.6) is 11.5 Å². The monoisotopic (exact) mass is 326 g/mol. The zero-order chi connectivity index (χ0) is 17.4. The van der Waals surface area contributed by atoms with Gasteiger partial charge in [-0.15, -0.1) is 0 Å². The minimum absolute atomic E-state index is 0.0774. The number of ether oxygens (including phenoxy) is 1. The molecule has 5 nitrogen and oxygen atoms in total. The number of phenols is 1. The molecule has 0 spiro atoms. The van der Waals surface area contributed by atoms with Crippen molar-refractivity contribution in [1.82, 2.24) is 5.43 Å². The molecule has 0 atom stereocenters. The quantitative estimate of drug-likeness (QED) is 0.607. The lowest BCUT2D eigenvalue weighted by Crippen LogP contribution is -2.19. The van der Waals surface area contributed by atoms with Crippen molar-refractivity contribution in [3.05, 3.63) is 59.2 Å².